The van der Waals surface area contributed by atoms with Crippen molar-refractivity contribution in [3.05, 3.63) is 70.8 Å². The second-order valence-corrected chi connectivity index (χ2v) is 11.6. The van der Waals surface area contributed by atoms with Gasteiger partial charge in [0, 0.05) is 37.5 Å². The zero-order valence-electron chi connectivity index (χ0n) is 23.2. The highest BCUT2D eigenvalue weighted by atomic mass is 16.4. The maximum atomic E-state index is 12.6. The summed E-state index contributed by atoms with van der Waals surface area (Å²) in [6.07, 6.45) is 12.7. The van der Waals surface area contributed by atoms with Crippen molar-refractivity contribution in [3.8, 4) is 5.69 Å². The van der Waals surface area contributed by atoms with Gasteiger partial charge in [0.2, 0.25) is 0 Å². The van der Waals surface area contributed by atoms with Crippen molar-refractivity contribution < 1.29 is 9.90 Å². The molecule has 1 fully saturated rings. The Labute approximate surface area is 224 Å². The number of carbonyl (C=O) groups is 1. The Hall–Kier alpha value is -3.48. The molecular formula is C31H39N5O2. The molecule has 0 amide bonds. The number of benzene rings is 2. The van der Waals surface area contributed by atoms with Gasteiger partial charge in [-0.2, -0.15) is 0 Å². The fourth-order valence-corrected chi connectivity index (χ4v) is 6.27. The molecule has 1 N–H and O–H groups in total. The van der Waals surface area contributed by atoms with Crippen LogP contribution < -0.4 is 0 Å². The molecule has 0 bridgehead atoms. The maximum Gasteiger partial charge on any atom is 0.310 e. The van der Waals surface area contributed by atoms with Crippen LogP contribution in [0.2, 0.25) is 0 Å². The number of carboxylic acid groups (broad SMARTS) is 1. The van der Waals surface area contributed by atoms with E-state index in [0.717, 1.165) is 51.2 Å². The molecule has 1 atom stereocenters. The molecule has 1 aliphatic rings. The molecule has 2 heterocycles. The second-order valence-electron chi connectivity index (χ2n) is 11.6. The molecule has 2 aromatic heterocycles. The maximum absolute atomic E-state index is 12.6. The van der Waals surface area contributed by atoms with Crippen molar-refractivity contribution in [2.45, 2.75) is 78.6 Å². The lowest BCUT2D eigenvalue weighted by Crippen LogP contribution is -2.32. The van der Waals surface area contributed by atoms with E-state index in [9.17, 15) is 9.90 Å². The molecule has 1 unspecified atom stereocenters. The van der Waals surface area contributed by atoms with E-state index in [1.807, 2.05) is 52.3 Å². The van der Waals surface area contributed by atoms with E-state index in [1.54, 1.807) is 4.68 Å². The molecule has 1 aliphatic carbocycles. The van der Waals surface area contributed by atoms with Gasteiger partial charge in [-0.1, -0.05) is 61.9 Å². The van der Waals surface area contributed by atoms with Gasteiger partial charge in [-0.15, -0.1) is 5.10 Å². The second kappa shape index (κ2) is 10.4. The topological polar surface area (TPSA) is 85.8 Å². The lowest BCUT2D eigenvalue weighted by atomic mass is 9.70. The summed E-state index contributed by atoms with van der Waals surface area (Å²) in [6.45, 7) is 7.76. The smallest absolute Gasteiger partial charge is 0.310 e. The van der Waals surface area contributed by atoms with Crippen LogP contribution in [0.15, 0.2) is 42.7 Å². The van der Waals surface area contributed by atoms with Gasteiger partial charge in [0.05, 0.1) is 10.9 Å². The van der Waals surface area contributed by atoms with Gasteiger partial charge in [-0.05, 0) is 68.0 Å². The number of rotatable bonds is 7. The standard InChI is InChI=1S/C31H39N5O2/c1-20-12-13-23(19-26(20)36-17-16-32-27(36)18-22-10-8-6-7-9-11-22)28(31(3,4)30(37)38)24-14-15-25-29(21(24)2)33-34-35(25)5/h12-17,19,22,28H,6-11,18H2,1-5H3,(H,37,38). The number of aromatic nitrogens is 5. The Morgan fingerprint density at radius 2 is 1.84 bits per heavy atom. The summed E-state index contributed by atoms with van der Waals surface area (Å²) in [6, 6.07) is 10.4. The van der Waals surface area contributed by atoms with Gasteiger partial charge >= 0.3 is 5.97 Å². The lowest BCUT2D eigenvalue weighted by Gasteiger charge is -2.33. The minimum atomic E-state index is -1.05. The van der Waals surface area contributed by atoms with Crippen molar-refractivity contribution >= 4 is 17.0 Å². The lowest BCUT2D eigenvalue weighted by molar-refractivity contribution is -0.147. The number of aliphatic carboxylic acids is 1. The zero-order valence-corrected chi connectivity index (χ0v) is 23.2. The minimum absolute atomic E-state index is 0.375. The highest BCUT2D eigenvalue weighted by Crippen LogP contribution is 2.44. The highest BCUT2D eigenvalue weighted by Gasteiger charge is 2.40. The number of nitrogens with zero attached hydrogens (tertiary/aromatic N) is 5. The minimum Gasteiger partial charge on any atom is -0.481 e. The zero-order chi connectivity index (χ0) is 27.0. The van der Waals surface area contributed by atoms with E-state index in [2.05, 4.69) is 40.0 Å². The first kappa shape index (κ1) is 26.1. The van der Waals surface area contributed by atoms with Gasteiger partial charge in [-0.25, -0.2) is 9.67 Å². The van der Waals surface area contributed by atoms with Crippen LogP contribution in [0.5, 0.6) is 0 Å². The summed E-state index contributed by atoms with van der Waals surface area (Å²) in [4.78, 5) is 17.4. The molecule has 0 aliphatic heterocycles. The fraction of sp³-hybridized carbons (Fsp3) is 0.484. The molecule has 38 heavy (non-hydrogen) atoms. The molecule has 7 nitrogen and oxygen atoms in total. The van der Waals surface area contributed by atoms with E-state index in [0.29, 0.717) is 5.92 Å². The Kier molecular flexibility index (Phi) is 7.12. The summed E-state index contributed by atoms with van der Waals surface area (Å²) in [5, 5.41) is 18.9. The van der Waals surface area contributed by atoms with Gasteiger partial charge < -0.3 is 9.67 Å². The van der Waals surface area contributed by atoms with Crippen molar-refractivity contribution in [3.63, 3.8) is 0 Å². The number of fused-ring (bicyclic) bond motifs is 1. The van der Waals surface area contributed by atoms with E-state index >= 15 is 0 Å². The van der Waals surface area contributed by atoms with Gasteiger partial charge in [-0.3, -0.25) is 4.79 Å². The molecule has 5 rings (SSSR count). The van der Waals surface area contributed by atoms with Crippen LogP contribution in [-0.2, 0) is 18.3 Å². The van der Waals surface area contributed by atoms with Gasteiger partial charge in [0.15, 0.2) is 0 Å². The summed E-state index contributed by atoms with van der Waals surface area (Å²) >= 11 is 0. The Bertz CT molecular complexity index is 1460. The molecule has 2 aromatic carbocycles. The average molecular weight is 514 g/mol. The highest BCUT2D eigenvalue weighted by molar-refractivity contribution is 5.82. The third-order valence-electron chi connectivity index (χ3n) is 8.65. The summed E-state index contributed by atoms with van der Waals surface area (Å²) in [5.41, 5.74) is 5.80. The van der Waals surface area contributed by atoms with Crippen molar-refractivity contribution in [1.82, 2.24) is 24.5 Å². The third-order valence-corrected chi connectivity index (χ3v) is 8.65. The van der Waals surface area contributed by atoms with Gasteiger partial charge in [0.1, 0.15) is 11.3 Å². The van der Waals surface area contributed by atoms with E-state index in [-0.39, 0.29) is 5.92 Å². The van der Waals surface area contributed by atoms with Crippen molar-refractivity contribution in [2.75, 3.05) is 0 Å². The monoisotopic (exact) mass is 513 g/mol. The van der Waals surface area contributed by atoms with Crippen LogP contribution in [0.25, 0.3) is 16.7 Å². The Morgan fingerprint density at radius 3 is 2.55 bits per heavy atom. The molecule has 0 spiro atoms. The first-order chi connectivity index (χ1) is 18.2. The largest absolute Gasteiger partial charge is 0.481 e. The van der Waals surface area contributed by atoms with Gasteiger partial charge in [0.25, 0.3) is 0 Å². The average Bonchev–Trinajstić information content (AvgIpc) is 3.40. The fourth-order valence-electron chi connectivity index (χ4n) is 6.27. The van der Waals surface area contributed by atoms with Crippen molar-refractivity contribution in [1.29, 1.82) is 0 Å². The predicted molar refractivity (Wildman–Crippen MR) is 150 cm³/mol. The summed E-state index contributed by atoms with van der Waals surface area (Å²) < 4.78 is 3.97. The van der Waals surface area contributed by atoms with Crippen LogP contribution >= 0.6 is 0 Å². The predicted octanol–water partition coefficient (Wildman–Crippen LogP) is 6.53. The van der Waals surface area contributed by atoms with E-state index < -0.39 is 11.4 Å². The van der Waals surface area contributed by atoms with E-state index in [1.165, 1.54) is 38.5 Å². The number of hydrogen-bond acceptors (Lipinski definition) is 4. The van der Waals surface area contributed by atoms with Crippen LogP contribution in [-0.4, -0.2) is 35.6 Å². The Balaban J connectivity index is 1.60. The molecule has 0 radical (unpaired) electrons. The summed E-state index contributed by atoms with van der Waals surface area (Å²) in [7, 11) is 1.87. The van der Waals surface area contributed by atoms with Crippen LogP contribution in [0, 0.1) is 25.2 Å². The molecular weight excluding hydrogens is 474 g/mol. The number of carboxylic acids is 1. The quantitative estimate of drug-likeness (QED) is 0.284. The van der Waals surface area contributed by atoms with Crippen LogP contribution in [0.4, 0.5) is 0 Å². The van der Waals surface area contributed by atoms with E-state index in [4.69, 9.17) is 4.98 Å². The normalized spacial score (nSPS) is 16.0. The first-order valence-electron chi connectivity index (χ1n) is 13.8. The SMILES string of the molecule is Cc1ccc(C(c2ccc3c(nnn3C)c2C)C(C)(C)C(=O)O)cc1-n1ccnc1CC1CCCCCC1. The van der Waals surface area contributed by atoms with Crippen LogP contribution in [0.3, 0.4) is 0 Å². The molecule has 1 saturated carbocycles. The Morgan fingerprint density at radius 1 is 1.11 bits per heavy atom. The number of imidazole rings is 1. The number of hydrogen-bond donors (Lipinski definition) is 1. The molecule has 0 saturated heterocycles. The third kappa shape index (κ3) is 4.74. The van der Waals surface area contributed by atoms with Crippen molar-refractivity contribution in [2.24, 2.45) is 18.4 Å². The van der Waals surface area contributed by atoms with Crippen LogP contribution in [0.1, 0.15) is 86.4 Å². The first-order valence-corrected chi connectivity index (χ1v) is 13.8. The molecule has 7 heteroatoms. The summed E-state index contributed by atoms with van der Waals surface area (Å²) in [5.74, 6) is 0.546. The number of aryl methyl sites for hydroxylation is 3. The molecule has 4 aromatic rings. The molecule has 200 valence electrons.